The van der Waals surface area contributed by atoms with Crippen molar-refractivity contribution in [2.24, 2.45) is 11.8 Å². The Labute approximate surface area is 110 Å². The summed E-state index contributed by atoms with van der Waals surface area (Å²) in [5, 5.41) is 2.78. The summed E-state index contributed by atoms with van der Waals surface area (Å²) in [6, 6.07) is 4.14. The van der Waals surface area contributed by atoms with Gasteiger partial charge in [0.25, 0.3) is 0 Å². The second-order valence-corrected chi connectivity index (χ2v) is 5.51. The lowest BCUT2D eigenvalue weighted by atomic mass is 9.82. The Morgan fingerprint density at radius 1 is 1.22 bits per heavy atom. The van der Waals surface area contributed by atoms with Gasteiger partial charge < -0.3 is 5.32 Å². The highest BCUT2D eigenvalue weighted by Gasteiger charge is 2.20. The molecule has 0 aliphatic rings. The Hall–Kier alpha value is -1.38. The van der Waals surface area contributed by atoms with Crippen molar-refractivity contribution in [3.63, 3.8) is 0 Å². The van der Waals surface area contributed by atoms with Crippen molar-refractivity contribution < 1.29 is 4.79 Å². The molecule has 1 heterocycles. The average molecular weight is 248 g/mol. The van der Waals surface area contributed by atoms with Crippen LogP contribution in [0.1, 0.15) is 51.8 Å². The van der Waals surface area contributed by atoms with E-state index in [0.29, 0.717) is 24.3 Å². The Bertz CT molecular complexity index is 374. The van der Waals surface area contributed by atoms with Crippen molar-refractivity contribution in [3.8, 4) is 0 Å². The standard InChI is InChI=1S/C15H24N2O/c1-10(2)15(11(3)4)14-7-6-13(9-17-14)8-16-12(5)18/h6-7,9-11,15H,8H2,1-5H3,(H,16,18). The topological polar surface area (TPSA) is 42.0 Å². The van der Waals surface area contributed by atoms with Crippen LogP contribution in [0, 0.1) is 11.8 Å². The van der Waals surface area contributed by atoms with Crippen LogP contribution in [0.2, 0.25) is 0 Å². The van der Waals surface area contributed by atoms with E-state index in [1.165, 1.54) is 6.92 Å². The predicted molar refractivity (Wildman–Crippen MR) is 74.2 cm³/mol. The van der Waals surface area contributed by atoms with Crippen LogP contribution in [0.15, 0.2) is 18.3 Å². The third-order valence-corrected chi connectivity index (χ3v) is 3.17. The van der Waals surface area contributed by atoms with Gasteiger partial charge in [0.2, 0.25) is 5.91 Å². The van der Waals surface area contributed by atoms with Crippen molar-refractivity contribution in [2.75, 3.05) is 0 Å². The maximum atomic E-state index is 10.8. The van der Waals surface area contributed by atoms with Gasteiger partial charge in [-0.1, -0.05) is 33.8 Å². The lowest BCUT2D eigenvalue weighted by molar-refractivity contribution is -0.119. The fraction of sp³-hybridized carbons (Fsp3) is 0.600. The van der Waals surface area contributed by atoms with Gasteiger partial charge in [0.05, 0.1) is 0 Å². The van der Waals surface area contributed by atoms with Crippen molar-refractivity contribution in [3.05, 3.63) is 29.6 Å². The zero-order valence-corrected chi connectivity index (χ0v) is 12.0. The first-order valence-electron chi connectivity index (χ1n) is 6.61. The summed E-state index contributed by atoms with van der Waals surface area (Å²) in [6.07, 6.45) is 1.86. The number of hydrogen-bond donors (Lipinski definition) is 1. The van der Waals surface area contributed by atoms with Crippen molar-refractivity contribution >= 4 is 5.91 Å². The summed E-state index contributed by atoms with van der Waals surface area (Å²) in [5.74, 6) is 1.64. The fourth-order valence-corrected chi connectivity index (χ4v) is 2.42. The van der Waals surface area contributed by atoms with Gasteiger partial charge in [0.15, 0.2) is 0 Å². The molecule has 1 rings (SSSR count). The molecular formula is C15H24N2O. The number of carbonyl (C=O) groups excluding carboxylic acids is 1. The summed E-state index contributed by atoms with van der Waals surface area (Å²) >= 11 is 0. The lowest BCUT2D eigenvalue weighted by Gasteiger charge is -2.24. The van der Waals surface area contributed by atoms with E-state index in [9.17, 15) is 4.79 Å². The van der Waals surface area contributed by atoms with Gasteiger partial charge in [0, 0.05) is 31.3 Å². The van der Waals surface area contributed by atoms with E-state index in [1.54, 1.807) is 0 Å². The first kappa shape index (κ1) is 14.7. The number of rotatable bonds is 5. The molecule has 100 valence electrons. The summed E-state index contributed by atoms with van der Waals surface area (Å²) in [7, 11) is 0. The molecule has 3 nitrogen and oxygen atoms in total. The minimum Gasteiger partial charge on any atom is -0.352 e. The first-order valence-corrected chi connectivity index (χ1v) is 6.61. The van der Waals surface area contributed by atoms with Gasteiger partial charge in [-0.3, -0.25) is 9.78 Å². The zero-order chi connectivity index (χ0) is 13.7. The molecule has 0 aliphatic heterocycles. The van der Waals surface area contributed by atoms with Crippen molar-refractivity contribution in [1.82, 2.24) is 10.3 Å². The third-order valence-electron chi connectivity index (χ3n) is 3.17. The zero-order valence-electron chi connectivity index (χ0n) is 12.0. The van der Waals surface area contributed by atoms with Gasteiger partial charge in [-0.05, 0) is 23.5 Å². The van der Waals surface area contributed by atoms with E-state index in [0.717, 1.165) is 11.3 Å². The highest BCUT2D eigenvalue weighted by atomic mass is 16.1. The summed E-state index contributed by atoms with van der Waals surface area (Å²) in [6.45, 7) is 11.0. The second kappa shape index (κ2) is 6.53. The van der Waals surface area contributed by atoms with Crippen LogP contribution in [-0.2, 0) is 11.3 Å². The SMILES string of the molecule is CC(=O)NCc1ccc(C(C(C)C)C(C)C)nc1. The Morgan fingerprint density at radius 2 is 1.83 bits per heavy atom. The third kappa shape index (κ3) is 4.13. The van der Waals surface area contributed by atoms with E-state index in [-0.39, 0.29) is 5.91 Å². The summed E-state index contributed by atoms with van der Waals surface area (Å²) in [5.41, 5.74) is 2.19. The molecule has 1 N–H and O–H groups in total. The van der Waals surface area contributed by atoms with Crippen molar-refractivity contribution in [1.29, 1.82) is 0 Å². The maximum absolute atomic E-state index is 10.8. The fourth-order valence-electron chi connectivity index (χ4n) is 2.42. The first-order chi connectivity index (χ1) is 8.41. The number of amides is 1. The molecule has 0 unspecified atom stereocenters. The minimum absolute atomic E-state index is 0.0127. The number of aromatic nitrogens is 1. The number of nitrogens with zero attached hydrogens (tertiary/aromatic N) is 1. The van der Waals surface area contributed by atoms with Crippen LogP contribution in [0.4, 0.5) is 0 Å². The van der Waals surface area contributed by atoms with Gasteiger partial charge in [-0.25, -0.2) is 0 Å². The number of nitrogens with one attached hydrogen (secondary N) is 1. The molecule has 0 spiro atoms. The molecule has 1 amide bonds. The maximum Gasteiger partial charge on any atom is 0.217 e. The normalized spacial score (nSPS) is 11.3. The number of hydrogen-bond acceptors (Lipinski definition) is 2. The van der Waals surface area contributed by atoms with Crippen LogP contribution >= 0.6 is 0 Å². The van der Waals surface area contributed by atoms with Gasteiger partial charge in [-0.2, -0.15) is 0 Å². The molecule has 0 aliphatic carbocycles. The largest absolute Gasteiger partial charge is 0.352 e. The predicted octanol–water partition coefficient (Wildman–Crippen LogP) is 3.11. The summed E-state index contributed by atoms with van der Waals surface area (Å²) < 4.78 is 0. The molecule has 0 fully saturated rings. The van der Waals surface area contributed by atoms with E-state index < -0.39 is 0 Å². The molecule has 0 saturated heterocycles. The molecule has 0 bridgehead atoms. The van der Waals surface area contributed by atoms with Crippen molar-refractivity contribution in [2.45, 2.75) is 47.1 Å². The van der Waals surface area contributed by atoms with E-state index in [1.807, 2.05) is 6.20 Å². The smallest absolute Gasteiger partial charge is 0.217 e. The van der Waals surface area contributed by atoms with Gasteiger partial charge in [-0.15, -0.1) is 0 Å². The monoisotopic (exact) mass is 248 g/mol. The molecular weight excluding hydrogens is 224 g/mol. The van der Waals surface area contributed by atoms with E-state index >= 15 is 0 Å². The number of carbonyl (C=O) groups is 1. The van der Waals surface area contributed by atoms with Crippen LogP contribution in [0.5, 0.6) is 0 Å². The Kier molecular flexibility index (Phi) is 5.32. The molecule has 1 aromatic heterocycles. The minimum atomic E-state index is -0.0127. The van der Waals surface area contributed by atoms with Crippen LogP contribution in [0.3, 0.4) is 0 Å². The van der Waals surface area contributed by atoms with Crippen LogP contribution in [0.25, 0.3) is 0 Å². The molecule has 18 heavy (non-hydrogen) atoms. The number of pyridine rings is 1. The van der Waals surface area contributed by atoms with Gasteiger partial charge in [0.1, 0.15) is 0 Å². The quantitative estimate of drug-likeness (QED) is 0.870. The summed E-state index contributed by atoms with van der Waals surface area (Å²) in [4.78, 5) is 15.4. The highest BCUT2D eigenvalue weighted by Crippen LogP contribution is 2.30. The second-order valence-electron chi connectivity index (χ2n) is 5.51. The lowest BCUT2D eigenvalue weighted by Crippen LogP contribution is -2.19. The Morgan fingerprint density at radius 3 is 2.22 bits per heavy atom. The molecule has 0 atom stereocenters. The molecule has 0 saturated carbocycles. The molecule has 0 radical (unpaired) electrons. The highest BCUT2D eigenvalue weighted by molar-refractivity contribution is 5.72. The van der Waals surface area contributed by atoms with E-state index in [2.05, 4.69) is 50.1 Å². The Balaban J connectivity index is 2.77. The average Bonchev–Trinajstić information content (AvgIpc) is 2.27. The van der Waals surface area contributed by atoms with Crippen LogP contribution < -0.4 is 5.32 Å². The molecule has 0 aromatic carbocycles. The molecule has 3 heteroatoms. The van der Waals surface area contributed by atoms with E-state index in [4.69, 9.17) is 0 Å². The van der Waals surface area contributed by atoms with Crippen LogP contribution in [-0.4, -0.2) is 10.9 Å². The van der Waals surface area contributed by atoms with Gasteiger partial charge >= 0.3 is 0 Å². The molecule has 1 aromatic rings.